The fourth-order valence-corrected chi connectivity index (χ4v) is 1.15. The molecule has 0 aliphatic heterocycles. The molecular formula is C6H11F2N. The van der Waals surface area contributed by atoms with E-state index < -0.39 is 11.5 Å². The Hall–Kier alpha value is -0.180. The first-order valence-corrected chi connectivity index (χ1v) is 3.12. The van der Waals surface area contributed by atoms with E-state index in [9.17, 15) is 8.78 Å². The van der Waals surface area contributed by atoms with Crippen molar-refractivity contribution in [3.8, 4) is 0 Å². The van der Waals surface area contributed by atoms with Gasteiger partial charge in [-0.25, -0.2) is 8.78 Å². The maximum Gasteiger partial charge on any atom is 0.265 e. The molecule has 0 bridgehead atoms. The van der Waals surface area contributed by atoms with Crippen LogP contribution in [0.3, 0.4) is 0 Å². The van der Waals surface area contributed by atoms with E-state index in [1.165, 1.54) is 6.92 Å². The zero-order chi connectivity index (χ0) is 7.12. The van der Waals surface area contributed by atoms with Crippen molar-refractivity contribution in [3.05, 3.63) is 0 Å². The topological polar surface area (TPSA) is 26.0 Å². The van der Waals surface area contributed by atoms with Crippen LogP contribution >= 0.6 is 0 Å². The number of hydrogen-bond donors (Lipinski definition) is 1. The summed E-state index contributed by atoms with van der Waals surface area (Å²) in [4.78, 5) is 0. The van der Waals surface area contributed by atoms with Crippen LogP contribution in [-0.4, -0.2) is 11.5 Å². The Bertz CT molecular complexity index is 106. The van der Waals surface area contributed by atoms with Gasteiger partial charge in [-0.15, -0.1) is 0 Å². The lowest BCUT2D eigenvalue weighted by Crippen LogP contribution is -2.48. The fraction of sp³-hybridized carbons (Fsp3) is 1.00. The lowest BCUT2D eigenvalue weighted by molar-refractivity contribution is -0.0452. The molecule has 0 spiro atoms. The molecule has 1 aliphatic carbocycles. The minimum absolute atomic E-state index is 0.0417. The molecule has 0 heterocycles. The highest BCUT2D eigenvalue weighted by Gasteiger charge is 2.50. The van der Waals surface area contributed by atoms with Crippen molar-refractivity contribution in [2.45, 2.75) is 37.6 Å². The van der Waals surface area contributed by atoms with E-state index >= 15 is 0 Å². The van der Waals surface area contributed by atoms with E-state index in [1.54, 1.807) is 0 Å². The molecule has 1 rings (SSSR count). The van der Waals surface area contributed by atoms with Gasteiger partial charge in [-0.2, -0.15) is 0 Å². The summed E-state index contributed by atoms with van der Waals surface area (Å²) in [6.45, 7) is 1.42. The zero-order valence-corrected chi connectivity index (χ0v) is 5.45. The maximum absolute atomic E-state index is 12.6. The summed E-state index contributed by atoms with van der Waals surface area (Å²) in [6.07, 6.45) is 0.958. The Kier molecular flexibility index (Phi) is 1.28. The number of alkyl halides is 2. The highest BCUT2D eigenvalue weighted by Crippen LogP contribution is 2.41. The minimum atomic E-state index is -2.63. The molecule has 1 nitrogen and oxygen atoms in total. The Labute approximate surface area is 53.2 Å². The van der Waals surface area contributed by atoms with Crippen LogP contribution in [0.4, 0.5) is 8.78 Å². The van der Waals surface area contributed by atoms with Gasteiger partial charge in [0.05, 0.1) is 5.54 Å². The second-order valence-corrected chi connectivity index (χ2v) is 2.98. The average molecular weight is 135 g/mol. The number of halogens is 2. The van der Waals surface area contributed by atoms with Crippen LogP contribution in [0.15, 0.2) is 0 Å². The van der Waals surface area contributed by atoms with Crippen molar-refractivity contribution in [1.82, 2.24) is 0 Å². The summed E-state index contributed by atoms with van der Waals surface area (Å²) >= 11 is 0. The Morgan fingerprint density at radius 2 is 1.89 bits per heavy atom. The van der Waals surface area contributed by atoms with Crippen LogP contribution in [0.1, 0.15) is 26.2 Å². The monoisotopic (exact) mass is 135 g/mol. The van der Waals surface area contributed by atoms with Crippen molar-refractivity contribution >= 4 is 0 Å². The largest absolute Gasteiger partial charge is 0.320 e. The van der Waals surface area contributed by atoms with Crippen molar-refractivity contribution in [1.29, 1.82) is 0 Å². The molecule has 3 heteroatoms. The van der Waals surface area contributed by atoms with Crippen LogP contribution in [0.5, 0.6) is 0 Å². The van der Waals surface area contributed by atoms with Gasteiger partial charge in [0.1, 0.15) is 0 Å². The molecule has 0 aromatic rings. The Balaban J connectivity index is 2.75. The minimum Gasteiger partial charge on any atom is -0.320 e. The molecule has 0 aromatic heterocycles. The lowest BCUT2D eigenvalue weighted by atomic mass is 9.99. The molecule has 54 valence electrons. The summed E-state index contributed by atoms with van der Waals surface area (Å²) in [5.74, 6) is -2.63. The molecule has 0 aromatic carbocycles. The van der Waals surface area contributed by atoms with Gasteiger partial charge in [-0.3, -0.25) is 0 Å². The van der Waals surface area contributed by atoms with Crippen molar-refractivity contribution < 1.29 is 8.78 Å². The molecule has 0 unspecified atom stereocenters. The van der Waals surface area contributed by atoms with Gasteiger partial charge in [0.25, 0.3) is 5.92 Å². The number of rotatable bonds is 0. The first kappa shape index (κ1) is 6.93. The summed E-state index contributed by atoms with van der Waals surface area (Å²) in [7, 11) is 0. The third kappa shape index (κ3) is 0.936. The quantitative estimate of drug-likeness (QED) is 0.535. The summed E-state index contributed by atoms with van der Waals surface area (Å²) in [6, 6.07) is 0. The van der Waals surface area contributed by atoms with Gasteiger partial charge in [-0.1, -0.05) is 0 Å². The zero-order valence-electron chi connectivity index (χ0n) is 5.45. The molecule has 0 amide bonds. The molecule has 1 aliphatic rings. The van der Waals surface area contributed by atoms with Gasteiger partial charge in [0.15, 0.2) is 0 Å². The standard InChI is InChI=1S/C6H11F2N/c1-5(9)3-2-4-6(5,7)8/h2-4,9H2,1H3/t5-/m0/s1. The summed E-state index contributed by atoms with van der Waals surface area (Å²) in [5.41, 5.74) is 4.06. The van der Waals surface area contributed by atoms with Crippen LogP contribution in [-0.2, 0) is 0 Å². The van der Waals surface area contributed by atoms with E-state index in [4.69, 9.17) is 5.73 Å². The maximum atomic E-state index is 12.6. The molecule has 1 saturated carbocycles. The third-order valence-electron chi connectivity index (χ3n) is 2.02. The average Bonchev–Trinajstić information content (AvgIpc) is 1.81. The summed E-state index contributed by atoms with van der Waals surface area (Å²) < 4.78 is 25.2. The predicted molar refractivity (Wildman–Crippen MR) is 31.4 cm³/mol. The van der Waals surface area contributed by atoms with Crippen LogP contribution in [0.25, 0.3) is 0 Å². The molecule has 0 radical (unpaired) electrons. The number of nitrogens with two attached hydrogens (primary N) is 1. The van der Waals surface area contributed by atoms with E-state index in [0.717, 1.165) is 0 Å². The highest BCUT2D eigenvalue weighted by atomic mass is 19.3. The van der Waals surface area contributed by atoms with Gasteiger partial charge in [0, 0.05) is 6.42 Å². The van der Waals surface area contributed by atoms with Gasteiger partial charge in [-0.05, 0) is 19.8 Å². The van der Waals surface area contributed by atoms with Crippen LogP contribution in [0, 0.1) is 0 Å². The normalized spacial score (nSPS) is 41.3. The van der Waals surface area contributed by atoms with E-state index in [0.29, 0.717) is 12.8 Å². The smallest absolute Gasteiger partial charge is 0.265 e. The van der Waals surface area contributed by atoms with Gasteiger partial charge < -0.3 is 5.73 Å². The molecular weight excluding hydrogens is 124 g/mol. The second kappa shape index (κ2) is 1.66. The van der Waals surface area contributed by atoms with E-state index in [2.05, 4.69) is 0 Å². The van der Waals surface area contributed by atoms with E-state index in [-0.39, 0.29) is 6.42 Å². The van der Waals surface area contributed by atoms with Crippen molar-refractivity contribution in [3.63, 3.8) is 0 Å². The highest BCUT2D eigenvalue weighted by molar-refractivity contribution is 4.98. The molecule has 2 N–H and O–H groups in total. The summed E-state index contributed by atoms with van der Waals surface area (Å²) in [5, 5.41) is 0. The van der Waals surface area contributed by atoms with Gasteiger partial charge in [0.2, 0.25) is 0 Å². The third-order valence-corrected chi connectivity index (χ3v) is 2.02. The first-order valence-electron chi connectivity index (χ1n) is 3.12. The molecule has 9 heavy (non-hydrogen) atoms. The second-order valence-electron chi connectivity index (χ2n) is 2.98. The van der Waals surface area contributed by atoms with Crippen molar-refractivity contribution in [2.75, 3.05) is 0 Å². The van der Waals surface area contributed by atoms with E-state index in [1.807, 2.05) is 0 Å². The number of hydrogen-bond acceptors (Lipinski definition) is 1. The molecule has 0 saturated heterocycles. The SMILES string of the molecule is C[C@]1(N)CCCC1(F)F. The Morgan fingerprint density at radius 3 is 2.00 bits per heavy atom. The molecule has 1 atom stereocenters. The first-order chi connectivity index (χ1) is 3.96. The predicted octanol–water partition coefficient (Wildman–Crippen LogP) is 1.52. The lowest BCUT2D eigenvalue weighted by Gasteiger charge is -2.25. The van der Waals surface area contributed by atoms with Crippen LogP contribution in [0.2, 0.25) is 0 Å². The van der Waals surface area contributed by atoms with Gasteiger partial charge >= 0.3 is 0 Å². The Morgan fingerprint density at radius 1 is 1.33 bits per heavy atom. The molecule has 1 fully saturated rings. The van der Waals surface area contributed by atoms with Crippen molar-refractivity contribution in [2.24, 2.45) is 5.73 Å². The fourth-order valence-electron chi connectivity index (χ4n) is 1.15. The van der Waals surface area contributed by atoms with Crippen LogP contribution < -0.4 is 5.73 Å².